The van der Waals surface area contributed by atoms with Crippen molar-refractivity contribution < 1.29 is 9.53 Å². The monoisotopic (exact) mass is 334 g/mol. The number of hydrogen-bond acceptors (Lipinski definition) is 3. The summed E-state index contributed by atoms with van der Waals surface area (Å²) in [4.78, 5) is 26.9. The molecule has 0 bridgehead atoms. The van der Waals surface area contributed by atoms with Crippen LogP contribution in [0.5, 0.6) is 5.75 Å². The van der Waals surface area contributed by atoms with Crippen molar-refractivity contribution in [2.75, 3.05) is 6.61 Å². The third kappa shape index (κ3) is 5.14. The molecule has 23 heavy (non-hydrogen) atoms. The van der Waals surface area contributed by atoms with E-state index in [0.717, 1.165) is 0 Å². The van der Waals surface area contributed by atoms with Gasteiger partial charge in [0.25, 0.3) is 5.91 Å². The van der Waals surface area contributed by atoms with Crippen molar-refractivity contribution in [3.8, 4) is 5.75 Å². The number of carbonyl (C=O) groups is 1. The standard InChI is InChI=1S/C17H19ClN2O3/c1-11(2)10-23-16-9-19-14(7-15(16)21)8-20-17(22)12-4-3-5-13(18)6-12/h3-7,9,11H,8,10H2,1-2H3,(H,19,21)(H,20,22). The number of pyridine rings is 1. The largest absolute Gasteiger partial charge is 0.488 e. The SMILES string of the molecule is CC(C)COc1c[nH]c(CNC(=O)c2cccc(Cl)c2)cc1=O. The normalized spacial score (nSPS) is 10.6. The lowest BCUT2D eigenvalue weighted by Gasteiger charge is -2.09. The Morgan fingerprint density at radius 3 is 2.78 bits per heavy atom. The van der Waals surface area contributed by atoms with Crippen molar-refractivity contribution in [1.82, 2.24) is 10.3 Å². The number of carbonyl (C=O) groups excluding carboxylic acids is 1. The molecular weight excluding hydrogens is 316 g/mol. The van der Waals surface area contributed by atoms with Gasteiger partial charge in [-0.3, -0.25) is 9.59 Å². The fraction of sp³-hybridized carbons (Fsp3) is 0.294. The Bertz CT molecular complexity index is 741. The van der Waals surface area contributed by atoms with Gasteiger partial charge in [-0.1, -0.05) is 31.5 Å². The molecule has 0 aliphatic carbocycles. The van der Waals surface area contributed by atoms with Gasteiger partial charge in [-0.25, -0.2) is 0 Å². The zero-order chi connectivity index (χ0) is 16.8. The minimum Gasteiger partial charge on any atom is -0.488 e. The van der Waals surface area contributed by atoms with E-state index in [-0.39, 0.29) is 23.6 Å². The zero-order valence-electron chi connectivity index (χ0n) is 13.1. The van der Waals surface area contributed by atoms with Crippen LogP contribution in [-0.2, 0) is 6.54 Å². The van der Waals surface area contributed by atoms with Crippen LogP contribution in [0, 0.1) is 5.92 Å². The fourth-order valence-corrected chi connectivity index (χ4v) is 2.07. The van der Waals surface area contributed by atoms with E-state index in [1.165, 1.54) is 12.3 Å². The van der Waals surface area contributed by atoms with E-state index < -0.39 is 0 Å². The molecule has 1 aromatic carbocycles. The number of nitrogens with one attached hydrogen (secondary N) is 2. The first-order valence-corrected chi connectivity index (χ1v) is 7.71. The first-order valence-electron chi connectivity index (χ1n) is 7.34. The Kier molecular flexibility index (Phi) is 5.82. The molecule has 0 saturated carbocycles. The first-order chi connectivity index (χ1) is 11.0. The van der Waals surface area contributed by atoms with Crippen molar-refractivity contribution in [2.45, 2.75) is 20.4 Å². The predicted octanol–water partition coefficient (Wildman–Crippen LogP) is 2.99. The molecule has 2 rings (SSSR count). The molecular formula is C17H19ClN2O3. The Morgan fingerprint density at radius 2 is 2.13 bits per heavy atom. The molecule has 0 aliphatic rings. The van der Waals surface area contributed by atoms with Crippen molar-refractivity contribution in [2.24, 2.45) is 5.92 Å². The van der Waals surface area contributed by atoms with Crippen molar-refractivity contribution in [3.05, 3.63) is 63.0 Å². The van der Waals surface area contributed by atoms with Crippen molar-refractivity contribution in [1.29, 1.82) is 0 Å². The lowest BCUT2D eigenvalue weighted by molar-refractivity contribution is 0.0950. The number of ether oxygens (including phenoxy) is 1. The summed E-state index contributed by atoms with van der Waals surface area (Å²) in [5.74, 6) is 0.364. The van der Waals surface area contributed by atoms with Gasteiger partial charge in [0.1, 0.15) is 0 Å². The van der Waals surface area contributed by atoms with Crippen LogP contribution < -0.4 is 15.5 Å². The quantitative estimate of drug-likeness (QED) is 0.853. The molecule has 2 N–H and O–H groups in total. The summed E-state index contributed by atoms with van der Waals surface area (Å²) in [7, 11) is 0. The number of H-pyrrole nitrogens is 1. The summed E-state index contributed by atoms with van der Waals surface area (Å²) >= 11 is 5.85. The van der Waals surface area contributed by atoms with E-state index in [0.29, 0.717) is 28.8 Å². The predicted molar refractivity (Wildman–Crippen MR) is 90.0 cm³/mol. The summed E-state index contributed by atoms with van der Waals surface area (Å²) in [5, 5.41) is 3.23. The van der Waals surface area contributed by atoms with E-state index in [1.54, 1.807) is 24.3 Å². The number of aromatic nitrogens is 1. The van der Waals surface area contributed by atoms with Crippen LogP contribution in [0.2, 0.25) is 5.02 Å². The Hall–Kier alpha value is -2.27. The highest BCUT2D eigenvalue weighted by atomic mass is 35.5. The summed E-state index contributed by atoms with van der Waals surface area (Å²) in [5.41, 5.74) is 0.857. The number of hydrogen-bond donors (Lipinski definition) is 2. The number of rotatable bonds is 6. The lowest BCUT2D eigenvalue weighted by Crippen LogP contribution is -2.24. The average Bonchev–Trinajstić information content (AvgIpc) is 2.51. The second-order valence-electron chi connectivity index (χ2n) is 5.58. The third-order valence-electron chi connectivity index (χ3n) is 3.04. The van der Waals surface area contributed by atoms with E-state index in [2.05, 4.69) is 10.3 Å². The highest BCUT2D eigenvalue weighted by molar-refractivity contribution is 6.30. The van der Waals surface area contributed by atoms with Crippen molar-refractivity contribution >= 4 is 17.5 Å². The smallest absolute Gasteiger partial charge is 0.251 e. The van der Waals surface area contributed by atoms with E-state index in [4.69, 9.17) is 16.3 Å². The van der Waals surface area contributed by atoms with Crippen molar-refractivity contribution in [3.63, 3.8) is 0 Å². The molecule has 0 atom stereocenters. The second kappa shape index (κ2) is 7.83. The molecule has 0 spiro atoms. The van der Waals surface area contributed by atoms with Gasteiger partial charge < -0.3 is 15.0 Å². The Morgan fingerprint density at radius 1 is 1.35 bits per heavy atom. The number of benzene rings is 1. The number of halogens is 1. The Balaban J connectivity index is 1.97. The van der Waals surface area contributed by atoms with Crippen LogP contribution in [0.4, 0.5) is 0 Å². The molecule has 0 aliphatic heterocycles. The molecule has 1 aromatic heterocycles. The highest BCUT2D eigenvalue weighted by Gasteiger charge is 2.07. The fourth-order valence-electron chi connectivity index (χ4n) is 1.88. The first kappa shape index (κ1) is 17.1. The third-order valence-corrected chi connectivity index (χ3v) is 3.27. The molecule has 5 nitrogen and oxygen atoms in total. The minimum atomic E-state index is -0.256. The van der Waals surface area contributed by atoms with Crippen LogP contribution in [0.25, 0.3) is 0 Å². The topological polar surface area (TPSA) is 71.2 Å². The maximum atomic E-state index is 12.0. The van der Waals surface area contributed by atoms with Crippen LogP contribution in [-0.4, -0.2) is 17.5 Å². The van der Waals surface area contributed by atoms with E-state index in [9.17, 15) is 9.59 Å². The number of amides is 1. The van der Waals surface area contributed by atoms with Gasteiger partial charge >= 0.3 is 0 Å². The van der Waals surface area contributed by atoms with Gasteiger partial charge in [-0.15, -0.1) is 0 Å². The molecule has 1 amide bonds. The van der Waals surface area contributed by atoms with E-state index in [1.807, 2.05) is 13.8 Å². The van der Waals surface area contributed by atoms with Crippen LogP contribution >= 0.6 is 11.6 Å². The van der Waals surface area contributed by atoms with Gasteiger partial charge in [-0.05, 0) is 24.1 Å². The van der Waals surface area contributed by atoms with Crippen LogP contribution in [0.1, 0.15) is 29.9 Å². The molecule has 0 unspecified atom stereocenters. The van der Waals surface area contributed by atoms with E-state index >= 15 is 0 Å². The van der Waals surface area contributed by atoms with Crippen LogP contribution in [0.3, 0.4) is 0 Å². The summed E-state index contributed by atoms with van der Waals surface area (Å²) in [6, 6.07) is 8.09. The molecule has 6 heteroatoms. The second-order valence-corrected chi connectivity index (χ2v) is 6.02. The van der Waals surface area contributed by atoms with Gasteiger partial charge in [0.15, 0.2) is 5.75 Å². The van der Waals surface area contributed by atoms with Gasteiger partial charge in [0.05, 0.1) is 13.2 Å². The molecule has 0 fully saturated rings. The zero-order valence-corrected chi connectivity index (χ0v) is 13.8. The molecule has 0 saturated heterocycles. The van der Waals surface area contributed by atoms with Crippen LogP contribution in [0.15, 0.2) is 41.3 Å². The maximum Gasteiger partial charge on any atom is 0.251 e. The summed E-state index contributed by atoms with van der Waals surface area (Å²) in [6.07, 6.45) is 1.52. The number of aromatic amines is 1. The summed E-state index contributed by atoms with van der Waals surface area (Å²) < 4.78 is 5.42. The molecule has 2 aromatic rings. The van der Waals surface area contributed by atoms with Gasteiger partial charge in [0, 0.05) is 28.5 Å². The summed E-state index contributed by atoms with van der Waals surface area (Å²) in [6.45, 7) is 4.71. The average molecular weight is 335 g/mol. The minimum absolute atomic E-state index is 0.212. The molecule has 1 heterocycles. The van der Waals surface area contributed by atoms with Gasteiger partial charge in [-0.2, -0.15) is 0 Å². The Labute approximate surface area is 139 Å². The maximum absolute atomic E-state index is 12.0. The molecule has 122 valence electrons. The lowest BCUT2D eigenvalue weighted by atomic mass is 10.2. The molecule has 0 radical (unpaired) electrons. The van der Waals surface area contributed by atoms with Gasteiger partial charge in [0.2, 0.25) is 5.43 Å². The highest BCUT2D eigenvalue weighted by Crippen LogP contribution is 2.10.